The first kappa shape index (κ1) is 15.5. The summed E-state index contributed by atoms with van der Waals surface area (Å²) < 4.78 is 27.9. The third-order valence-corrected chi connectivity index (χ3v) is 5.88. The Labute approximate surface area is 126 Å². The van der Waals surface area contributed by atoms with E-state index in [0.717, 1.165) is 4.47 Å². The quantitative estimate of drug-likeness (QED) is 0.862. The standard InChI is InChI=1S/C13H16BrNO4S/c1-13(12(16)17)8-2-3-11(13)15-20(18,19)10-6-4-9(14)5-7-10/h4-7,11,15H,2-3,8H2,1H3,(H,16,17). The lowest BCUT2D eigenvalue weighted by Crippen LogP contribution is -2.46. The molecule has 0 aromatic heterocycles. The molecule has 0 radical (unpaired) electrons. The second-order valence-corrected chi connectivity index (χ2v) is 7.87. The lowest BCUT2D eigenvalue weighted by molar-refractivity contribution is -0.148. The Kier molecular flexibility index (Phi) is 4.22. The number of hydrogen-bond acceptors (Lipinski definition) is 3. The van der Waals surface area contributed by atoms with E-state index in [1.54, 1.807) is 19.1 Å². The maximum atomic E-state index is 12.3. The molecule has 20 heavy (non-hydrogen) atoms. The topological polar surface area (TPSA) is 83.5 Å². The van der Waals surface area contributed by atoms with Crippen LogP contribution in [0.15, 0.2) is 33.6 Å². The van der Waals surface area contributed by atoms with Crippen molar-refractivity contribution in [3.05, 3.63) is 28.7 Å². The summed E-state index contributed by atoms with van der Waals surface area (Å²) in [5.41, 5.74) is -1.04. The number of carboxylic acids is 1. The van der Waals surface area contributed by atoms with Gasteiger partial charge in [-0.2, -0.15) is 0 Å². The molecule has 1 fully saturated rings. The molecule has 1 saturated carbocycles. The maximum absolute atomic E-state index is 12.3. The van der Waals surface area contributed by atoms with Gasteiger partial charge in [-0.1, -0.05) is 22.4 Å². The van der Waals surface area contributed by atoms with E-state index in [-0.39, 0.29) is 4.90 Å². The Hall–Kier alpha value is -0.920. The molecule has 2 N–H and O–H groups in total. The van der Waals surface area contributed by atoms with Gasteiger partial charge < -0.3 is 5.11 Å². The van der Waals surface area contributed by atoms with Gasteiger partial charge in [-0.15, -0.1) is 0 Å². The molecule has 0 aliphatic heterocycles. The van der Waals surface area contributed by atoms with Gasteiger partial charge in [0, 0.05) is 10.5 Å². The van der Waals surface area contributed by atoms with Crippen molar-refractivity contribution in [1.29, 1.82) is 0 Å². The van der Waals surface area contributed by atoms with E-state index in [2.05, 4.69) is 20.7 Å². The molecule has 7 heteroatoms. The summed E-state index contributed by atoms with van der Waals surface area (Å²) in [5.74, 6) is -0.960. The Balaban J connectivity index is 2.24. The molecular weight excluding hydrogens is 346 g/mol. The minimum absolute atomic E-state index is 0.139. The van der Waals surface area contributed by atoms with Crippen LogP contribution in [-0.2, 0) is 14.8 Å². The normalized spacial score (nSPS) is 26.6. The van der Waals surface area contributed by atoms with E-state index in [1.165, 1.54) is 12.1 Å². The molecule has 0 bridgehead atoms. The Morgan fingerprint density at radius 3 is 2.55 bits per heavy atom. The van der Waals surface area contributed by atoms with Crippen LogP contribution in [0.25, 0.3) is 0 Å². The van der Waals surface area contributed by atoms with Gasteiger partial charge in [-0.3, -0.25) is 4.79 Å². The summed E-state index contributed by atoms with van der Waals surface area (Å²) in [6, 6.07) is 5.67. The molecule has 2 rings (SSSR count). The van der Waals surface area contributed by atoms with Crippen molar-refractivity contribution in [2.24, 2.45) is 5.41 Å². The van der Waals surface area contributed by atoms with Gasteiger partial charge in [0.1, 0.15) is 0 Å². The number of hydrogen-bond donors (Lipinski definition) is 2. The van der Waals surface area contributed by atoms with Crippen LogP contribution in [0.3, 0.4) is 0 Å². The summed E-state index contributed by atoms with van der Waals surface area (Å²) in [5, 5.41) is 9.31. The van der Waals surface area contributed by atoms with Crippen LogP contribution in [0.4, 0.5) is 0 Å². The zero-order valence-corrected chi connectivity index (χ0v) is 13.4. The Morgan fingerprint density at radius 2 is 2.00 bits per heavy atom. The van der Waals surface area contributed by atoms with Crippen molar-refractivity contribution in [3.8, 4) is 0 Å². The third-order valence-electron chi connectivity index (χ3n) is 3.87. The van der Waals surface area contributed by atoms with Gasteiger partial charge in [0.2, 0.25) is 10.0 Å². The highest BCUT2D eigenvalue weighted by Crippen LogP contribution is 2.38. The number of carboxylic acid groups (broad SMARTS) is 1. The first-order valence-corrected chi connectivity index (χ1v) is 8.54. The van der Waals surface area contributed by atoms with Gasteiger partial charge in [0.25, 0.3) is 0 Å². The summed E-state index contributed by atoms with van der Waals surface area (Å²) in [6.07, 6.45) is 1.73. The van der Waals surface area contributed by atoms with Crippen LogP contribution >= 0.6 is 15.9 Å². The molecule has 1 aromatic rings. The number of rotatable bonds is 4. The molecular formula is C13H16BrNO4S. The summed E-state index contributed by atoms with van der Waals surface area (Å²) in [4.78, 5) is 11.5. The van der Waals surface area contributed by atoms with Gasteiger partial charge >= 0.3 is 5.97 Å². The smallest absolute Gasteiger partial charge is 0.310 e. The molecule has 0 heterocycles. The van der Waals surface area contributed by atoms with E-state index in [0.29, 0.717) is 19.3 Å². The Morgan fingerprint density at radius 1 is 1.40 bits per heavy atom. The van der Waals surface area contributed by atoms with E-state index < -0.39 is 27.4 Å². The largest absolute Gasteiger partial charge is 0.481 e. The average Bonchev–Trinajstić information content (AvgIpc) is 2.72. The van der Waals surface area contributed by atoms with Crippen molar-refractivity contribution in [2.75, 3.05) is 0 Å². The highest BCUT2D eigenvalue weighted by atomic mass is 79.9. The van der Waals surface area contributed by atoms with Crippen LogP contribution in [0.2, 0.25) is 0 Å². The lowest BCUT2D eigenvalue weighted by atomic mass is 9.85. The number of sulfonamides is 1. The molecule has 0 saturated heterocycles. The summed E-state index contributed by atoms with van der Waals surface area (Å²) >= 11 is 3.24. The first-order chi connectivity index (χ1) is 9.25. The van der Waals surface area contributed by atoms with Crippen molar-refractivity contribution >= 4 is 31.9 Å². The predicted molar refractivity (Wildman–Crippen MR) is 77.8 cm³/mol. The highest BCUT2D eigenvalue weighted by molar-refractivity contribution is 9.10. The van der Waals surface area contributed by atoms with Crippen LogP contribution in [-0.4, -0.2) is 25.5 Å². The second-order valence-electron chi connectivity index (χ2n) is 5.24. The van der Waals surface area contributed by atoms with Crippen molar-refractivity contribution in [2.45, 2.75) is 37.1 Å². The van der Waals surface area contributed by atoms with Crippen LogP contribution in [0, 0.1) is 5.41 Å². The number of benzene rings is 1. The second kappa shape index (κ2) is 5.46. The fourth-order valence-electron chi connectivity index (χ4n) is 2.48. The number of nitrogens with one attached hydrogen (secondary N) is 1. The van der Waals surface area contributed by atoms with E-state index in [1.807, 2.05) is 0 Å². The number of carbonyl (C=O) groups is 1. The minimum Gasteiger partial charge on any atom is -0.481 e. The molecule has 0 spiro atoms. The van der Waals surface area contributed by atoms with Crippen molar-refractivity contribution in [1.82, 2.24) is 4.72 Å². The molecule has 0 amide bonds. The van der Waals surface area contributed by atoms with Gasteiger partial charge in [-0.05, 0) is 44.0 Å². The predicted octanol–water partition coefficient (Wildman–Crippen LogP) is 2.37. The van der Waals surface area contributed by atoms with E-state index in [9.17, 15) is 18.3 Å². The highest BCUT2D eigenvalue weighted by Gasteiger charge is 2.46. The zero-order chi connectivity index (χ0) is 15.0. The molecule has 1 aromatic carbocycles. The monoisotopic (exact) mass is 361 g/mol. The van der Waals surface area contributed by atoms with Crippen molar-refractivity contribution in [3.63, 3.8) is 0 Å². The molecule has 2 unspecified atom stereocenters. The average molecular weight is 362 g/mol. The minimum atomic E-state index is -3.70. The lowest BCUT2D eigenvalue weighted by Gasteiger charge is -2.27. The third kappa shape index (κ3) is 2.89. The fourth-order valence-corrected chi connectivity index (χ4v) is 4.13. The maximum Gasteiger partial charge on any atom is 0.310 e. The Bertz CT molecular complexity index is 614. The fraction of sp³-hybridized carbons (Fsp3) is 0.462. The SMILES string of the molecule is CC1(C(=O)O)CCCC1NS(=O)(=O)c1ccc(Br)cc1. The molecule has 1 aliphatic carbocycles. The van der Waals surface area contributed by atoms with Crippen LogP contribution < -0.4 is 4.72 Å². The number of halogens is 1. The molecule has 5 nitrogen and oxygen atoms in total. The van der Waals surface area contributed by atoms with E-state index in [4.69, 9.17) is 0 Å². The van der Waals surface area contributed by atoms with Crippen LogP contribution in [0.1, 0.15) is 26.2 Å². The zero-order valence-electron chi connectivity index (χ0n) is 11.0. The number of aliphatic carboxylic acids is 1. The molecule has 2 atom stereocenters. The van der Waals surface area contributed by atoms with Gasteiger partial charge in [-0.25, -0.2) is 13.1 Å². The summed E-state index contributed by atoms with van der Waals surface area (Å²) in [7, 11) is -3.70. The summed E-state index contributed by atoms with van der Waals surface area (Å²) in [6.45, 7) is 1.59. The van der Waals surface area contributed by atoms with E-state index >= 15 is 0 Å². The van der Waals surface area contributed by atoms with Crippen LogP contribution in [0.5, 0.6) is 0 Å². The first-order valence-electron chi connectivity index (χ1n) is 6.27. The van der Waals surface area contributed by atoms with Gasteiger partial charge in [0.15, 0.2) is 0 Å². The molecule has 1 aliphatic rings. The molecule has 110 valence electrons. The van der Waals surface area contributed by atoms with Gasteiger partial charge in [0.05, 0.1) is 10.3 Å². The van der Waals surface area contributed by atoms with Crippen molar-refractivity contribution < 1.29 is 18.3 Å².